The first-order valence-electron chi connectivity index (χ1n) is 7.73. The highest BCUT2D eigenvalue weighted by atomic mass is 32.2. The monoisotopic (exact) mass is 330 g/mol. The molecule has 0 radical (unpaired) electrons. The Morgan fingerprint density at radius 3 is 2.61 bits per heavy atom. The summed E-state index contributed by atoms with van der Waals surface area (Å²) in [6.45, 7) is -0.201. The van der Waals surface area contributed by atoms with E-state index >= 15 is 0 Å². The number of carbonyl (C=O) groups is 3. The molecular formula is C17H18N2O3S. The molecule has 1 aliphatic heterocycles. The number of hydrogen-bond acceptors (Lipinski definition) is 4. The Morgan fingerprint density at radius 2 is 1.91 bits per heavy atom. The van der Waals surface area contributed by atoms with Crippen molar-refractivity contribution in [3.05, 3.63) is 40.8 Å². The minimum atomic E-state index is -0.398. The van der Waals surface area contributed by atoms with Gasteiger partial charge in [-0.15, -0.1) is 0 Å². The Kier molecular flexibility index (Phi) is 4.81. The fourth-order valence-electron chi connectivity index (χ4n) is 2.82. The summed E-state index contributed by atoms with van der Waals surface area (Å²) < 4.78 is 0. The van der Waals surface area contributed by atoms with E-state index in [-0.39, 0.29) is 18.5 Å². The van der Waals surface area contributed by atoms with E-state index in [1.165, 1.54) is 0 Å². The van der Waals surface area contributed by atoms with Crippen LogP contribution in [0, 0.1) is 0 Å². The summed E-state index contributed by atoms with van der Waals surface area (Å²) in [6, 6.07) is 9.52. The molecule has 120 valence electrons. The van der Waals surface area contributed by atoms with Gasteiger partial charge >= 0.3 is 0 Å². The van der Waals surface area contributed by atoms with Crippen LogP contribution in [0.4, 0.5) is 4.79 Å². The maximum atomic E-state index is 12.3. The van der Waals surface area contributed by atoms with Gasteiger partial charge < -0.3 is 5.32 Å². The molecule has 2 aliphatic rings. The van der Waals surface area contributed by atoms with E-state index < -0.39 is 11.1 Å². The van der Waals surface area contributed by atoms with Gasteiger partial charge in [0.25, 0.3) is 11.1 Å². The average Bonchev–Trinajstić information content (AvgIpc) is 3.13. The highest BCUT2D eigenvalue weighted by Crippen LogP contribution is 2.32. The van der Waals surface area contributed by atoms with Crippen molar-refractivity contribution in [3.63, 3.8) is 0 Å². The lowest BCUT2D eigenvalue weighted by molar-refractivity contribution is -0.129. The summed E-state index contributed by atoms with van der Waals surface area (Å²) in [6.07, 6.45) is 5.86. The Balaban J connectivity index is 1.64. The van der Waals surface area contributed by atoms with Crippen LogP contribution in [0.15, 0.2) is 35.2 Å². The predicted molar refractivity (Wildman–Crippen MR) is 89.5 cm³/mol. The number of rotatable bonds is 4. The van der Waals surface area contributed by atoms with Crippen LogP contribution in [0.1, 0.15) is 31.2 Å². The molecule has 1 heterocycles. The summed E-state index contributed by atoms with van der Waals surface area (Å²) in [7, 11) is 0. The lowest BCUT2D eigenvalue weighted by Crippen LogP contribution is -2.42. The topological polar surface area (TPSA) is 66.5 Å². The highest BCUT2D eigenvalue weighted by molar-refractivity contribution is 8.18. The minimum absolute atomic E-state index is 0.183. The quantitative estimate of drug-likeness (QED) is 0.862. The molecule has 1 aromatic rings. The third-order valence-electron chi connectivity index (χ3n) is 3.99. The van der Waals surface area contributed by atoms with Gasteiger partial charge in [-0.05, 0) is 36.2 Å². The molecule has 0 unspecified atom stereocenters. The van der Waals surface area contributed by atoms with E-state index in [0.717, 1.165) is 47.9 Å². The first-order valence-corrected chi connectivity index (χ1v) is 8.55. The Morgan fingerprint density at radius 1 is 1.22 bits per heavy atom. The van der Waals surface area contributed by atoms with Crippen molar-refractivity contribution in [2.24, 2.45) is 0 Å². The molecule has 3 amide bonds. The van der Waals surface area contributed by atoms with Gasteiger partial charge in [0.05, 0.1) is 4.91 Å². The van der Waals surface area contributed by atoms with Gasteiger partial charge in [-0.2, -0.15) is 0 Å². The first kappa shape index (κ1) is 15.8. The zero-order valence-corrected chi connectivity index (χ0v) is 13.5. The standard InChI is InChI=1S/C17H18N2O3S/c20-15(18-13-8-4-5-9-13)11-19-16(21)14(23-17(19)22)10-12-6-2-1-3-7-12/h1-3,6-7,10,13H,4-5,8-9,11H2,(H,18,20)/b14-10+. The minimum Gasteiger partial charge on any atom is -0.352 e. The molecule has 1 aromatic carbocycles. The van der Waals surface area contributed by atoms with E-state index in [0.29, 0.717) is 4.91 Å². The second-order valence-corrected chi connectivity index (χ2v) is 6.72. The van der Waals surface area contributed by atoms with Crippen LogP contribution < -0.4 is 5.32 Å². The van der Waals surface area contributed by atoms with Crippen LogP contribution >= 0.6 is 11.8 Å². The number of nitrogens with one attached hydrogen (secondary N) is 1. The summed E-state index contributed by atoms with van der Waals surface area (Å²) in [4.78, 5) is 37.7. The zero-order chi connectivity index (χ0) is 16.2. The molecule has 0 spiro atoms. The van der Waals surface area contributed by atoms with Gasteiger partial charge in [-0.3, -0.25) is 19.3 Å². The number of thioether (sulfide) groups is 1. The van der Waals surface area contributed by atoms with Gasteiger partial charge in [0.15, 0.2) is 0 Å². The van der Waals surface area contributed by atoms with Crippen LogP contribution in [0.25, 0.3) is 6.08 Å². The third-order valence-corrected chi connectivity index (χ3v) is 4.90. The lowest BCUT2D eigenvalue weighted by atomic mass is 10.2. The number of carbonyl (C=O) groups excluding carboxylic acids is 3. The number of amides is 3. The van der Waals surface area contributed by atoms with Crippen LogP contribution in [0.2, 0.25) is 0 Å². The van der Waals surface area contributed by atoms with Crippen molar-refractivity contribution in [1.29, 1.82) is 0 Å². The van der Waals surface area contributed by atoms with Crippen molar-refractivity contribution in [3.8, 4) is 0 Å². The molecule has 0 bridgehead atoms. The molecule has 0 aromatic heterocycles. The fraction of sp³-hybridized carbons (Fsp3) is 0.353. The van der Waals surface area contributed by atoms with E-state index in [1.807, 2.05) is 30.3 Å². The molecule has 1 N–H and O–H groups in total. The summed E-state index contributed by atoms with van der Waals surface area (Å²) in [5.41, 5.74) is 0.855. The van der Waals surface area contributed by atoms with Crippen molar-refractivity contribution >= 4 is 34.9 Å². The molecule has 5 nitrogen and oxygen atoms in total. The number of nitrogens with zero attached hydrogens (tertiary/aromatic N) is 1. The van der Waals surface area contributed by atoms with E-state index in [1.54, 1.807) is 6.08 Å². The maximum absolute atomic E-state index is 12.3. The van der Waals surface area contributed by atoms with Crippen LogP contribution in [0.5, 0.6) is 0 Å². The number of hydrogen-bond donors (Lipinski definition) is 1. The summed E-state index contributed by atoms with van der Waals surface area (Å²) >= 11 is 0.880. The van der Waals surface area contributed by atoms with Gasteiger partial charge in [0.1, 0.15) is 6.54 Å². The highest BCUT2D eigenvalue weighted by Gasteiger charge is 2.36. The SMILES string of the molecule is O=C(CN1C(=O)S/C(=C/c2ccccc2)C1=O)NC1CCCC1. The molecule has 1 saturated carbocycles. The summed E-state index contributed by atoms with van der Waals surface area (Å²) in [5.74, 6) is -0.661. The van der Waals surface area contributed by atoms with Crippen LogP contribution in [-0.2, 0) is 9.59 Å². The number of imide groups is 1. The molecular weight excluding hydrogens is 312 g/mol. The fourth-order valence-corrected chi connectivity index (χ4v) is 3.66. The third kappa shape index (κ3) is 3.82. The van der Waals surface area contributed by atoms with E-state index in [4.69, 9.17) is 0 Å². The molecule has 0 atom stereocenters. The predicted octanol–water partition coefficient (Wildman–Crippen LogP) is 2.78. The van der Waals surface area contributed by atoms with E-state index in [2.05, 4.69) is 5.32 Å². The van der Waals surface area contributed by atoms with Gasteiger partial charge in [0.2, 0.25) is 5.91 Å². The number of benzene rings is 1. The molecule has 1 aliphatic carbocycles. The van der Waals surface area contributed by atoms with Crippen molar-refractivity contribution in [2.75, 3.05) is 6.54 Å². The molecule has 23 heavy (non-hydrogen) atoms. The van der Waals surface area contributed by atoms with Crippen LogP contribution in [0.3, 0.4) is 0 Å². The van der Waals surface area contributed by atoms with Crippen molar-refractivity contribution in [2.45, 2.75) is 31.7 Å². The van der Waals surface area contributed by atoms with Gasteiger partial charge in [0, 0.05) is 6.04 Å². The molecule has 6 heteroatoms. The van der Waals surface area contributed by atoms with E-state index in [9.17, 15) is 14.4 Å². The van der Waals surface area contributed by atoms with Crippen LogP contribution in [-0.4, -0.2) is 34.5 Å². The van der Waals surface area contributed by atoms with Crippen molar-refractivity contribution in [1.82, 2.24) is 10.2 Å². The average molecular weight is 330 g/mol. The largest absolute Gasteiger partial charge is 0.352 e. The maximum Gasteiger partial charge on any atom is 0.294 e. The molecule has 2 fully saturated rings. The normalized spacial score (nSPS) is 20.5. The van der Waals surface area contributed by atoms with Crippen molar-refractivity contribution < 1.29 is 14.4 Å². The molecule has 1 saturated heterocycles. The molecule has 3 rings (SSSR count). The zero-order valence-electron chi connectivity index (χ0n) is 12.7. The smallest absolute Gasteiger partial charge is 0.294 e. The first-order chi connectivity index (χ1) is 11.1. The summed E-state index contributed by atoms with van der Waals surface area (Å²) in [5, 5.41) is 2.51. The second kappa shape index (κ2) is 7.00. The Bertz CT molecular complexity index is 651. The lowest BCUT2D eigenvalue weighted by Gasteiger charge is -2.15. The Hall–Kier alpha value is -2.08. The second-order valence-electron chi connectivity index (χ2n) is 5.73. The van der Waals surface area contributed by atoms with Gasteiger partial charge in [-0.25, -0.2) is 0 Å². The Labute approximate surface area is 139 Å². The van der Waals surface area contributed by atoms with Gasteiger partial charge in [-0.1, -0.05) is 43.2 Å².